The molecule has 0 fully saturated rings. The van der Waals surface area contributed by atoms with E-state index < -0.39 is 0 Å². The third-order valence-corrected chi connectivity index (χ3v) is 3.13. The van der Waals surface area contributed by atoms with Crippen molar-refractivity contribution in [3.8, 4) is 5.75 Å². The number of ether oxygens (including phenoxy) is 1. The summed E-state index contributed by atoms with van der Waals surface area (Å²) in [5, 5.41) is 0. The Morgan fingerprint density at radius 2 is 2.00 bits per heavy atom. The van der Waals surface area contributed by atoms with Gasteiger partial charge in [-0.15, -0.1) is 12.4 Å². The van der Waals surface area contributed by atoms with Gasteiger partial charge in [0.15, 0.2) is 0 Å². The fraction of sp³-hybridized carbons (Fsp3) is 0.250. The summed E-state index contributed by atoms with van der Waals surface area (Å²) >= 11 is 0. The molecule has 2 aromatic rings. The van der Waals surface area contributed by atoms with Crippen LogP contribution in [-0.2, 0) is 6.54 Å². The SMILES string of the molecule is CN(CCOc1ccc(F)cc1)C(=O)c1ccnc(CN)c1.Cl. The molecule has 0 bridgehead atoms. The van der Waals surface area contributed by atoms with Crippen LogP contribution in [0.4, 0.5) is 4.39 Å². The average molecular weight is 340 g/mol. The minimum Gasteiger partial charge on any atom is -0.492 e. The van der Waals surface area contributed by atoms with Gasteiger partial charge in [-0.2, -0.15) is 0 Å². The molecule has 0 aliphatic rings. The van der Waals surface area contributed by atoms with Gasteiger partial charge in [-0.1, -0.05) is 0 Å². The highest BCUT2D eigenvalue weighted by Crippen LogP contribution is 2.11. The minimum atomic E-state index is -0.312. The summed E-state index contributed by atoms with van der Waals surface area (Å²) in [6.07, 6.45) is 1.57. The van der Waals surface area contributed by atoms with E-state index >= 15 is 0 Å². The molecule has 0 spiro atoms. The summed E-state index contributed by atoms with van der Waals surface area (Å²) in [5.74, 6) is 0.129. The molecule has 0 aliphatic carbocycles. The zero-order valence-corrected chi connectivity index (χ0v) is 13.6. The molecule has 2 N–H and O–H groups in total. The van der Waals surface area contributed by atoms with Crippen molar-refractivity contribution in [1.29, 1.82) is 0 Å². The van der Waals surface area contributed by atoms with Crippen molar-refractivity contribution in [2.24, 2.45) is 5.73 Å². The first-order valence-electron chi connectivity index (χ1n) is 6.89. The second-order valence-corrected chi connectivity index (χ2v) is 4.77. The van der Waals surface area contributed by atoms with E-state index in [4.69, 9.17) is 10.5 Å². The maximum Gasteiger partial charge on any atom is 0.253 e. The zero-order chi connectivity index (χ0) is 15.9. The Kier molecular flexibility index (Phi) is 7.44. The molecular weight excluding hydrogens is 321 g/mol. The monoisotopic (exact) mass is 339 g/mol. The lowest BCUT2D eigenvalue weighted by atomic mass is 10.2. The second kappa shape index (κ2) is 9.07. The number of pyridine rings is 1. The molecule has 0 radical (unpaired) electrons. The van der Waals surface area contributed by atoms with Crippen LogP contribution in [0.15, 0.2) is 42.6 Å². The summed E-state index contributed by atoms with van der Waals surface area (Å²) in [4.78, 5) is 17.9. The van der Waals surface area contributed by atoms with Gasteiger partial charge in [0.2, 0.25) is 0 Å². The summed E-state index contributed by atoms with van der Waals surface area (Å²) in [6, 6.07) is 9.09. The summed E-state index contributed by atoms with van der Waals surface area (Å²) in [7, 11) is 1.69. The largest absolute Gasteiger partial charge is 0.492 e. The Hall–Kier alpha value is -2.18. The highest BCUT2D eigenvalue weighted by Gasteiger charge is 2.12. The van der Waals surface area contributed by atoms with Crippen LogP contribution in [0.5, 0.6) is 5.75 Å². The number of carbonyl (C=O) groups excluding carboxylic acids is 1. The predicted octanol–water partition coefficient (Wildman–Crippen LogP) is 2.25. The molecule has 0 aliphatic heterocycles. The number of likely N-dealkylation sites (N-methyl/N-ethyl adjacent to an activating group) is 1. The first-order valence-corrected chi connectivity index (χ1v) is 6.89. The van der Waals surface area contributed by atoms with Crippen LogP contribution in [0.25, 0.3) is 0 Å². The van der Waals surface area contributed by atoms with Crippen molar-refractivity contribution in [1.82, 2.24) is 9.88 Å². The standard InChI is InChI=1S/C16H18FN3O2.ClH/c1-20(8-9-22-15-4-2-13(17)3-5-15)16(21)12-6-7-19-14(10-12)11-18;/h2-7,10H,8-9,11,18H2,1H3;1H. The summed E-state index contributed by atoms with van der Waals surface area (Å²) in [6.45, 7) is 1.03. The van der Waals surface area contributed by atoms with Gasteiger partial charge >= 0.3 is 0 Å². The molecule has 0 saturated heterocycles. The van der Waals surface area contributed by atoms with Crippen molar-refractivity contribution in [3.05, 3.63) is 59.7 Å². The molecule has 0 unspecified atom stereocenters. The van der Waals surface area contributed by atoms with Gasteiger partial charge in [0.05, 0.1) is 12.2 Å². The van der Waals surface area contributed by atoms with Crippen LogP contribution < -0.4 is 10.5 Å². The highest BCUT2D eigenvalue weighted by molar-refractivity contribution is 5.94. The third kappa shape index (κ3) is 5.50. The van der Waals surface area contributed by atoms with E-state index in [1.54, 1.807) is 42.4 Å². The number of halogens is 2. The maximum absolute atomic E-state index is 12.8. The highest BCUT2D eigenvalue weighted by atomic mass is 35.5. The molecule has 23 heavy (non-hydrogen) atoms. The lowest BCUT2D eigenvalue weighted by Crippen LogP contribution is -2.31. The summed E-state index contributed by atoms with van der Waals surface area (Å²) < 4.78 is 18.2. The van der Waals surface area contributed by atoms with Crippen LogP contribution in [-0.4, -0.2) is 36.0 Å². The topological polar surface area (TPSA) is 68.5 Å². The van der Waals surface area contributed by atoms with Gasteiger partial charge in [-0.05, 0) is 36.4 Å². The van der Waals surface area contributed by atoms with Gasteiger partial charge in [-0.25, -0.2) is 4.39 Å². The molecule has 1 heterocycles. The first-order chi connectivity index (χ1) is 10.6. The van der Waals surface area contributed by atoms with E-state index in [0.717, 1.165) is 0 Å². The van der Waals surface area contributed by atoms with Crippen LogP contribution in [0.2, 0.25) is 0 Å². The molecule has 5 nitrogen and oxygen atoms in total. The van der Waals surface area contributed by atoms with Gasteiger partial charge in [0.25, 0.3) is 5.91 Å². The normalized spacial score (nSPS) is 9.87. The molecular formula is C16H19ClFN3O2. The van der Waals surface area contributed by atoms with Gasteiger partial charge in [0.1, 0.15) is 18.2 Å². The van der Waals surface area contributed by atoms with Gasteiger partial charge < -0.3 is 15.4 Å². The Labute approximate surface area is 140 Å². The smallest absolute Gasteiger partial charge is 0.253 e. The quantitative estimate of drug-likeness (QED) is 0.876. The molecule has 0 atom stereocenters. The van der Waals surface area contributed by atoms with E-state index in [1.807, 2.05) is 0 Å². The van der Waals surface area contributed by atoms with E-state index in [9.17, 15) is 9.18 Å². The maximum atomic E-state index is 12.8. The fourth-order valence-electron chi connectivity index (χ4n) is 1.88. The number of aromatic nitrogens is 1. The van der Waals surface area contributed by atoms with E-state index in [-0.39, 0.29) is 24.1 Å². The van der Waals surface area contributed by atoms with Crippen molar-refractivity contribution < 1.29 is 13.9 Å². The number of rotatable bonds is 6. The predicted molar refractivity (Wildman–Crippen MR) is 88.2 cm³/mol. The van der Waals surface area contributed by atoms with Crippen LogP contribution in [0.1, 0.15) is 16.1 Å². The fourth-order valence-corrected chi connectivity index (χ4v) is 1.88. The Bertz CT molecular complexity index is 637. The lowest BCUT2D eigenvalue weighted by molar-refractivity contribution is 0.0773. The summed E-state index contributed by atoms with van der Waals surface area (Å²) in [5.41, 5.74) is 6.73. The van der Waals surface area contributed by atoms with Gasteiger partial charge in [-0.3, -0.25) is 9.78 Å². The van der Waals surface area contributed by atoms with Crippen LogP contribution in [0, 0.1) is 5.82 Å². The molecule has 124 valence electrons. The molecule has 2 rings (SSSR count). The average Bonchev–Trinajstić information content (AvgIpc) is 2.56. The molecule has 7 heteroatoms. The van der Waals surface area contributed by atoms with Gasteiger partial charge in [0, 0.05) is 25.4 Å². The number of amides is 1. The molecule has 1 aromatic heterocycles. The number of hydrogen-bond donors (Lipinski definition) is 1. The number of carbonyl (C=O) groups is 1. The number of benzene rings is 1. The first kappa shape index (κ1) is 18.9. The molecule has 1 amide bonds. The number of hydrogen-bond acceptors (Lipinski definition) is 4. The Morgan fingerprint density at radius 3 is 2.65 bits per heavy atom. The van der Waals surface area contributed by atoms with Crippen molar-refractivity contribution in [2.75, 3.05) is 20.2 Å². The molecule has 1 aromatic carbocycles. The number of nitrogens with zero attached hydrogens (tertiary/aromatic N) is 2. The van der Waals surface area contributed by atoms with E-state index in [0.29, 0.717) is 36.7 Å². The van der Waals surface area contributed by atoms with Crippen molar-refractivity contribution in [3.63, 3.8) is 0 Å². The third-order valence-electron chi connectivity index (χ3n) is 3.13. The van der Waals surface area contributed by atoms with Crippen LogP contribution in [0.3, 0.4) is 0 Å². The van der Waals surface area contributed by atoms with Crippen molar-refractivity contribution in [2.45, 2.75) is 6.54 Å². The Balaban J connectivity index is 0.00000264. The molecule has 0 saturated carbocycles. The Morgan fingerprint density at radius 1 is 1.30 bits per heavy atom. The second-order valence-electron chi connectivity index (χ2n) is 4.77. The number of nitrogens with two attached hydrogens (primary N) is 1. The van der Waals surface area contributed by atoms with Crippen LogP contribution >= 0.6 is 12.4 Å². The van der Waals surface area contributed by atoms with E-state index in [2.05, 4.69) is 4.98 Å². The lowest BCUT2D eigenvalue weighted by Gasteiger charge is -2.17. The zero-order valence-electron chi connectivity index (χ0n) is 12.7. The van der Waals surface area contributed by atoms with Crippen molar-refractivity contribution >= 4 is 18.3 Å². The minimum absolute atomic E-state index is 0. The van der Waals surface area contributed by atoms with E-state index in [1.165, 1.54) is 12.1 Å².